The van der Waals surface area contributed by atoms with E-state index in [4.69, 9.17) is 4.74 Å². The van der Waals surface area contributed by atoms with Crippen molar-refractivity contribution in [2.75, 3.05) is 18.5 Å². The van der Waals surface area contributed by atoms with E-state index in [1.807, 2.05) is 13.0 Å². The van der Waals surface area contributed by atoms with Gasteiger partial charge in [0.15, 0.2) is 11.5 Å². The molecule has 0 unspecified atom stereocenters. The summed E-state index contributed by atoms with van der Waals surface area (Å²) in [5, 5.41) is 10.7. The molecule has 0 saturated carbocycles. The maximum atomic E-state index is 13.4. The van der Waals surface area contributed by atoms with E-state index in [0.29, 0.717) is 28.6 Å². The fourth-order valence-corrected chi connectivity index (χ4v) is 2.89. The molecule has 0 bridgehead atoms. The molecule has 24 heavy (non-hydrogen) atoms. The van der Waals surface area contributed by atoms with E-state index in [9.17, 15) is 4.39 Å². The van der Waals surface area contributed by atoms with Crippen molar-refractivity contribution in [1.29, 1.82) is 0 Å². The van der Waals surface area contributed by atoms with Crippen molar-refractivity contribution in [1.82, 2.24) is 25.1 Å². The molecule has 0 atom stereocenters. The summed E-state index contributed by atoms with van der Waals surface area (Å²) in [7, 11) is 0. The number of nitrogens with zero attached hydrogens (tertiary/aromatic N) is 4. The zero-order chi connectivity index (χ0) is 16.5. The van der Waals surface area contributed by atoms with Crippen LogP contribution in [0.3, 0.4) is 0 Å². The van der Waals surface area contributed by atoms with Crippen molar-refractivity contribution in [3.05, 3.63) is 35.7 Å². The summed E-state index contributed by atoms with van der Waals surface area (Å²) in [4.78, 5) is 13.1. The van der Waals surface area contributed by atoms with E-state index in [1.54, 1.807) is 0 Å². The van der Waals surface area contributed by atoms with Crippen molar-refractivity contribution < 1.29 is 9.13 Å². The molecule has 2 N–H and O–H groups in total. The third kappa shape index (κ3) is 2.92. The lowest BCUT2D eigenvalue weighted by molar-refractivity contribution is 0.0836. The lowest BCUT2D eigenvalue weighted by Crippen LogP contribution is -2.17. The number of H-pyrrole nitrogens is 1. The van der Waals surface area contributed by atoms with Crippen LogP contribution in [-0.4, -0.2) is 38.4 Å². The van der Waals surface area contributed by atoms with E-state index in [-0.39, 0.29) is 0 Å². The minimum atomic E-state index is -0.409. The van der Waals surface area contributed by atoms with Crippen LogP contribution in [0.25, 0.3) is 11.0 Å². The summed E-state index contributed by atoms with van der Waals surface area (Å²) in [5.41, 5.74) is 1.40. The number of nitrogens with one attached hydrogen (secondary N) is 2. The van der Waals surface area contributed by atoms with E-state index in [0.717, 1.165) is 43.8 Å². The Morgan fingerprint density at radius 1 is 1.25 bits per heavy atom. The van der Waals surface area contributed by atoms with Crippen molar-refractivity contribution in [3.8, 4) is 0 Å². The van der Waals surface area contributed by atoms with Gasteiger partial charge in [-0.2, -0.15) is 5.10 Å². The predicted octanol–water partition coefficient (Wildman–Crippen LogP) is 2.83. The Labute approximate surface area is 137 Å². The van der Waals surface area contributed by atoms with Crippen LogP contribution in [0.4, 0.5) is 16.0 Å². The molecule has 0 amide bonds. The van der Waals surface area contributed by atoms with Crippen LogP contribution in [0, 0.1) is 12.7 Å². The zero-order valence-corrected chi connectivity index (χ0v) is 13.2. The molecule has 8 heteroatoms. The van der Waals surface area contributed by atoms with Gasteiger partial charge in [-0.15, -0.1) is 0 Å². The van der Waals surface area contributed by atoms with Gasteiger partial charge in [0.2, 0.25) is 0 Å². The number of hydrogen-bond acceptors (Lipinski definition) is 6. The summed E-state index contributed by atoms with van der Waals surface area (Å²) < 4.78 is 18.8. The summed E-state index contributed by atoms with van der Waals surface area (Å²) in [6.07, 6.45) is 3.00. The molecular formula is C16H17FN6O. The van der Waals surface area contributed by atoms with Crippen LogP contribution in [-0.2, 0) is 4.74 Å². The van der Waals surface area contributed by atoms with Crippen LogP contribution >= 0.6 is 0 Å². The fourth-order valence-electron chi connectivity index (χ4n) is 2.89. The minimum Gasteiger partial charge on any atom is -0.381 e. The average molecular weight is 328 g/mol. The number of pyridine rings is 1. The Hall–Kier alpha value is -2.61. The highest BCUT2D eigenvalue weighted by atomic mass is 19.1. The zero-order valence-electron chi connectivity index (χ0n) is 13.2. The Balaban J connectivity index is 1.66. The molecule has 4 rings (SSSR count). The second kappa shape index (κ2) is 6.12. The number of fused-ring (bicyclic) bond motifs is 1. The number of aromatic nitrogens is 5. The van der Waals surface area contributed by atoms with Crippen molar-refractivity contribution in [2.24, 2.45) is 0 Å². The molecule has 7 nitrogen and oxygen atoms in total. The van der Waals surface area contributed by atoms with Gasteiger partial charge in [0, 0.05) is 30.9 Å². The van der Waals surface area contributed by atoms with E-state index < -0.39 is 5.82 Å². The quantitative estimate of drug-likeness (QED) is 0.768. The van der Waals surface area contributed by atoms with Gasteiger partial charge in [0.1, 0.15) is 17.5 Å². The normalized spacial score (nSPS) is 15.8. The molecule has 3 aromatic heterocycles. The van der Waals surface area contributed by atoms with Gasteiger partial charge >= 0.3 is 0 Å². The smallest absolute Gasteiger partial charge is 0.163 e. The number of rotatable bonds is 3. The minimum absolute atomic E-state index is 0.300. The molecule has 1 saturated heterocycles. The fraction of sp³-hybridized carbons (Fsp3) is 0.375. The topological polar surface area (TPSA) is 88.6 Å². The molecule has 3 aromatic rings. The molecule has 1 aliphatic rings. The predicted molar refractivity (Wildman–Crippen MR) is 86.7 cm³/mol. The van der Waals surface area contributed by atoms with Crippen molar-refractivity contribution in [3.63, 3.8) is 0 Å². The number of anilines is 2. The monoisotopic (exact) mass is 328 g/mol. The first-order valence-electron chi connectivity index (χ1n) is 7.89. The number of ether oxygens (including phenoxy) is 1. The molecule has 1 fully saturated rings. The van der Waals surface area contributed by atoms with Crippen LogP contribution in [0.5, 0.6) is 0 Å². The third-order valence-electron chi connectivity index (χ3n) is 4.09. The largest absolute Gasteiger partial charge is 0.381 e. The first-order chi connectivity index (χ1) is 11.7. The molecule has 0 radical (unpaired) electrons. The highest BCUT2D eigenvalue weighted by molar-refractivity contribution is 5.88. The van der Waals surface area contributed by atoms with Crippen LogP contribution in [0.15, 0.2) is 18.3 Å². The van der Waals surface area contributed by atoms with Crippen LogP contribution in [0.1, 0.15) is 30.3 Å². The standard InChI is InChI=1S/C16H17FN6O/c1-9-6-13(20-14(19-9)10-2-4-24-5-3-10)21-16-12-7-11(17)8-18-15(12)22-23-16/h6-8,10H,2-5H2,1H3,(H2,18,19,20,21,22,23). The van der Waals surface area contributed by atoms with E-state index in [2.05, 4.69) is 30.5 Å². The molecule has 0 spiro atoms. The molecular weight excluding hydrogens is 311 g/mol. The van der Waals surface area contributed by atoms with Gasteiger partial charge in [-0.3, -0.25) is 5.10 Å². The second-order valence-electron chi connectivity index (χ2n) is 5.89. The Morgan fingerprint density at radius 2 is 2.08 bits per heavy atom. The molecule has 0 aliphatic carbocycles. The maximum absolute atomic E-state index is 13.4. The highest BCUT2D eigenvalue weighted by Crippen LogP contribution is 2.27. The first kappa shape index (κ1) is 14.9. The maximum Gasteiger partial charge on any atom is 0.163 e. The Kier molecular flexibility index (Phi) is 3.81. The van der Waals surface area contributed by atoms with Crippen molar-refractivity contribution >= 4 is 22.7 Å². The average Bonchev–Trinajstić information content (AvgIpc) is 2.97. The van der Waals surface area contributed by atoms with Gasteiger partial charge in [-0.1, -0.05) is 0 Å². The molecule has 124 valence electrons. The number of hydrogen-bond donors (Lipinski definition) is 2. The molecule has 1 aliphatic heterocycles. The second-order valence-corrected chi connectivity index (χ2v) is 5.89. The number of aryl methyl sites for hydroxylation is 1. The summed E-state index contributed by atoms with van der Waals surface area (Å²) in [5.74, 6) is 1.84. The Bertz CT molecular complexity index is 874. The molecule has 0 aromatic carbocycles. The van der Waals surface area contributed by atoms with Gasteiger partial charge in [0.05, 0.1) is 11.6 Å². The van der Waals surface area contributed by atoms with E-state index in [1.165, 1.54) is 6.07 Å². The van der Waals surface area contributed by atoms with Crippen molar-refractivity contribution in [2.45, 2.75) is 25.7 Å². The lowest BCUT2D eigenvalue weighted by atomic mass is 9.99. The molecule has 4 heterocycles. The van der Waals surface area contributed by atoms with Gasteiger partial charge < -0.3 is 10.1 Å². The van der Waals surface area contributed by atoms with Crippen LogP contribution in [0.2, 0.25) is 0 Å². The highest BCUT2D eigenvalue weighted by Gasteiger charge is 2.20. The summed E-state index contributed by atoms with van der Waals surface area (Å²) >= 11 is 0. The SMILES string of the molecule is Cc1cc(Nc2n[nH]c3ncc(F)cc23)nc(C2CCOCC2)n1. The number of halogens is 1. The lowest BCUT2D eigenvalue weighted by Gasteiger charge is -2.21. The van der Waals surface area contributed by atoms with Crippen LogP contribution < -0.4 is 5.32 Å². The van der Waals surface area contributed by atoms with Gasteiger partial charge in [-0.05, 0) is 25.8 Å². The summed E-state index contributed by atoms with van der Waals surface area (Å²) in [6.45, 7) is 3.40. The van der Waals surface area contributed by atoms with Gasteiger partial charge in [-0.25, -0.2) is 19.3 Å². The summed E-state index contributed by atoms with van der Waals surface area (Å²) in [6, 6.07) is 3.23. The Morgan fingerprint density at radius 3 is 2.92 bits per heavy atom. The number of aromatic amines is 1. The third-order valence-corrected chi connectivity index (χ3v) is 4.09. The first-order valence-corrected chi connectivity index (χ1v) is 7.89. The van der Waals surface area contributed by atoms with E-state index >= 15 is 0 Å². The van der Waals surface area contributed by atoms with Gasteiger partial charge in [0.25, 0.3) is 0 Å².